The summed E-state index contributed by atoms with van der Waals surface area (Å²) in [5.74, 6) is 0.622. The van der Waals surface area contributed by atoms with Gasteiger partial charge in [-0.05, 0) is 5.92 Å². The molecule has 1 atom stereocenters. The molecule has 0 aliphatic carbocycles. The minimum atomic E-state index is 0.0359. The summed E-state index contributed by atoms with van der Waals surface area (Å²) in [5.41, 5.74) is 0. The van der Waals surface area contributed by atoms with E-state index >= 15 is 0 Å². The topological polar surface area (TPSA) is 32.3 Å². The fraction of sp³-hybridized carbons (Fsp3) is 0.875. The molecule has 11 heavy (non-hydrogen) atoms. The van der Waals surface area contributed by atoms with Crippen LogP contribution in [0.25, 0.3) is 0 Å². The van der Waals surface area contributed by atoms with Gasteiger partial charge in [0.1, 0.15) is 0 Å². The molecule has 64 valence electrons. The molecule has 0 unspecified atom stereocenters. The van der Waals surface area contributed by atoms with E-state index in [1.54, 1.807) is 4.90 Å². The highest BCUT2D eigenvalue weighted by atomic mass is 16.2. The molecule has 3 nitrogen and oxygen atoms in total. The third kappa shape index (κ3) is 1.71. The first-order valence-corrected chi connectivity index (χ1v) is 4.11. The van der Waals surface area contributed by atoms with E-state index < -0.39 is 0 Å². The summed E-state index contributed by atoms with van der Waals surface area (Å²) in [7, 11) is 1.86. The third-order valence-corrected chi connectivity index (χ3v) is 2.12. The Morgan fingerprint density at radius 2 is 2.27 bits per heavy atom. The Morgan fingerprint density at radius 3 is 2.73 bits per heavy atom. The van der Waals surface area contributed by atoms with Gasteiger partial charge in [-0.3, -0.25) is 4.79 Å². The third-order valence-electron chi connectivity index (χ3n) is 2.12. The Hall–Kier alpha value is -0.570. The predicted octanol–water partition coefficient (Wildman–Crippen LogP) is 0.0726. The molecule has 1 amide bonds. The van der Waals surface area contributed by atoms with Gasteiger partial charge in [0.05, 0.1) is 6.04 Å². The van der Waals surface area contributed by atoms with E-state index in [0.717, 1.165) is 13.1 Å². The van der Waals surface area contributed by atoms with Crippen LogP contribution in [0.1, 0.15) is 13.8 Å². The summed E-state index contributed by atoms with van der Waals surface area (Å²) < 4.78 is 0. The van der Waals surface area contributed by atoms with E-state index in [0.29, 0.717) is 5.92 Å². The number of hydrogen-bond donors (Lipinski definition) is 1. The molecule has 0 spiro atoms. The van der Waals surface area contributed by atoms with Gasteiger partial charge in [-0.2, -0.15) is 0 Å². The first-order valence-electron chi connectivity index (χ1n) is 4.11. The molecular formula is C8H16N2O. The zero-order valence-corrected chi connectivity index (χ0v) is 7.42. The summed E-state index contributed by atoms with van der Waals surface area (Å²) in [6.45, 7) is 5.89. The maximum absolute atomic E-state index is 11.4. The van der Waals surface area contributed by atoms with E-state index in [2.05, 4.69) is 19.2 Å². The maximum atomic E-state index is 11.4. The summed E-state index contributed by atoms with van der Waals surface area (Å²) in [4.78, 5) is 13.2. The largest absolute Gasteiger partial charge is 0.343 e. The Labute approximate surface area is 67.8 Å². The average molecular weight is 156 g/mol. The molecule has 1 N–H and O–H groups in total. The second-order valence-electron chi connectivity index (χ2n) is 3.44. The first kappa shape index (κ1) is 8.53. The van der Waals surface area contributed by atoms with Crippen molar-refractivity contribution in [3.63, 3.8) is 0 Å². The molecule has 0 bridgehead atoms. The Balaban J connectivity index is 2.58. The van der Waals surface area contributed by atoms with Crippen molar-refractivity contribution in [1.82, 2.24) is 10.2 Å². The smallest absolute Gasteiger partial charge is 0.239 e. The lowest BCUT2D eigenvalue weighted by Crippen LogP contribution is -2.55. The number of nitrogens with zero attached hydrogens (tertiary/aromatic N) is 1. The highest BCUT2D eigenvalue weighted by molar-refractivity contribution is 5.82. The van der Waals surface area contributed by atoms with Gasteiger partial charge < -0.3 is 10.2 Å². The van der Waals surface area contributed by atoms with E-state index in [1.165, 1.54) is 0 Å². The van der Waals surface area contributed by atoms with Crippen molar-refractivity contribution in [2.75, 3.05) is 20.1 Å². The van der Waals surface area contributed by atoms with Gasteiger partial charge in [0.15, 0.2) is 0 Å². The van der Waals surface area contributed by atoms with E-state index in [9.17, 15) is 4.79 Å². The molecule has 1 fully saturated rings. The lowest BCUT2D eigenvalue weighted by molar-refractivity contribution is -0.135. The van der Waals surface area contributed by atoms with Gasteiger partial charge in [0, 0.05) is 20.1 Å². The van der Waals surface area contributed by atoms with Crippen LogP contribution >= 0.6 is 0 Å². The van der Waals surface area contributed by atoms with Crippen LogP contribution < -0.4 is 5.32 Å². The molecule has 0 aromatic rings. The SMILES string of the molecule is CC(C)[C@H]1NCCN(C)C1=O. The van der Waals surface area contributed by atoms with Crippen LogP contribution in [0.2, 0.25) is 0 Å². The number of amides is 1. The fourth-order valence-electron chi connectivity index (χ4n) is 1.34. The zero-order valence-electron chi connectivity index (χ0n) is 7.42. The van der Waals surface area contributed by atoms with Gasteiger partial charge in [-0.15, -0.1) is 0 Å². The monoisotopic (exact) mass is 156 g/mol. The van der Waals surface area contributed by atoms with Gasteiger partial charge in [0.25, 0.3) is 0 Å². The fourth-order valence-corrected chi connectivity index (χ4v) is 1.34. The number of carbonyl (C=O) groups excluding carboxylic acids is 1. The van der Waals surface area contributed by atoms with Crippen molar-refractivity contribution >= 4 is 5.91 Å². The van der Waals surface area contributed by atoms with Crippen LogP contribution in [0.4, 0.5) is 0 Å². The summed E-state index contributed by atoms with van der Waals surface area (Å²) in [6.07, 6.45) is 0. The molecule has 1 saturated heterocycles. The molecular weight excluding hydrogens is 140 g/mol. The van der Waals surface area contributed by atoms with Crippen molar-refractivity contribution in [3.05, 3.63) is 0 Å². The molecule has 3 heteroatoms. The van der Waals surface area contributed by atoms with Crippen LogP contribution in [-0.4, -0.2) is 37.0 Å². The quantitative estimate of drug-likeness (QED) is 0.583. The van der Waals surface area contributed by atoms with Crippen LogP contribution in [0, 0.1) is 5.92 Å². The Bertz CT molecular complexity index is 156. The van der Waals surface area contributed by atoms with E-state index in [-0.39, 0.29) is 11.9 Å². The molecule has 1 heterocycles. The summed E-state index contributed by atoms with van der Waals surface area (Å²) >= 11 is 0. The molecule has 0 aromatic carbocycles. The highest BCUT2D eigenvalue weighted by Gasteiger charge is 2.27. The lowest BCUT2D eigenvalue weighted by atomic mass is 10.0. The number of rotatable bonds is 1. The number of nitrogens with one attached hydrogen (secondary N) is 1. The Morgan fingerprint density at radius 1 is 1.64 bits per heavy atom. The van der Waals surface area contributed by atoms with Crippen molar-refractivity contribution in [1.29, 1.82) is 0 Å². The van der Waals surface area contributed by atoms with Crippen LogP contribution in [0.15, 0.2) is 0 Å². The molecule has 1 aliphatic rings. The molecule has 0 saturated carbocycles. The number of hydrogen-bond acceptors (Lipinski definition) is 2. The van der Waals surface area contributed by atoms with Crippen molar-refractivity contribution in [2.24, 2.45) is 5.92 Å². The number of piperazine rings is 1. The standard InChI is InChI=1S/C8H16N2O/c1-6(2)7-8(11)10(3)5-4-9-7/h6-7,9H,4-5H2,1-3H3/t7-/m1/s1. The predicted molar refractivity (Wildman–Crippen MR) is 44.3 cm³/mol. The van der Waals surface area contributed by atoms with Gasteiger partial charge in [-0.25, -0.2) is 0 Å². The second kappa shape index (κ2) is 3.22. The minimum absolute atomic E-state index is 0.0359. The highest BCUT2D eigenvalue weighted by Crippen LogP contribution is 2.07. The van der Waals surface area contributed by atoms with Crippen LogP contribution in [0.5, 0.6) is 0 Å². The van der Waals surface area contributed by atoms with Crippen LogP contribution in [0.3, 0.4) is 0 Å². The van der Waals surface area contributed by atoms with Gasteiger partial charge in [-0.1, -0.05) is 13.8 Å². The normalized spacial score (nSPS) is 26.4. The van der Waals surface area contributed by atoms with E-state index in [4.69, 9.17) is 0 Å². The average Bonchev–Trinajstić information content (AvgIpc) is 1.94. The number of likely N-dealkylation sites (N-methyl/N-ethyl adjacent to an activating group) is 1. The van der Waals surface area contributed by atoms with Crippen molar-refractivity contribution in [3.8, 4) is 0 Å². The van der Waals surface area contributed by atoms with Crippen molar-refractivity contribution < 1.29 is 4.79 Å². The summed E-state index contributed by atoms with van der Waals surface area (Å²) in [6, 6.07) is 0.0359. The lowest BCUT2D eigenvalue weighted by Gasteiger charge is -2.32. The first-order chi connectivity index (χ1) is 5.13. The van der Waals surface area contributed by atoms with Gasteiger partial charge in [0.2, 0.25) is 5.91 Å². The van der Waals surface area contributed by atoms with E-state index in [1.807, 2.05) is 7.05 Å². The van der Waals surface area contributed by atoms with Crippen LogP contribution in [-0.2, 0) is 4.79 Å². The second-order valence-corrected chi connectivity index (χ2v) is 3.44. The minimum Gasteiger partial charge on any atom is -0.343 e. The molecule has 0 aromatic heterocycles. The molecule has 0 radical (unpaired) electrons. The molecule has 1 aliphatic heterocycles. The zero-order chi connectivity index (χ0) is 8.43. The summed E-state index contributed by atoms with van der Waals surface area (Å²) in [5, 5.41) is 3.21. The van der Waals surface area contributed by atoms with Gasteiger partial charge >= 0.3 is 0 Å². The Kier molecular flexibility index (Phi) is 2.49. The number of carbonyl (C=O) groups is 1. The van der Waals surface area contributed by atoms with Crippen molar-refractivity contribution in [2.45, 2.75) is 19.9 Å². The molecule has 1 rings (SSSR count). The maximum Gasteiger partial charge on any atom is 0.239 e.